The largest absolute Gasteiger partial charge is 0.342 e. The van der Waals surface area contributed by atoms with Crippen LogP contribution in [0.2, 0.25) is 0 Å². The number of amides is 1. The van der Waals surface area contributed by atoms with Gasteiger partial charge in [0.1, 0.15) is 7.85 Å². The number of fused-ring (bicyclic) bond motifs is 2. The highest BCUT2D eigenvalue weighted by Gasteiger charge is 2.43. The quantitative estimate of drug-likeness (QED) is 0.524. The Labute approximate surface area is 103 Å². The van der Waals surface area contributed by atoms with Crippen LogP contribution in [0.15, 0.2) is 30.4 Å². The maximum Gasteiger partial charge on any atom is 0.252 e. The van der Waals surface area contributed by atoms with Crippen LogP contribution >= 0.6 is 0 Å². The van der Waals surface area contributed by atoms with Gasteiger partial charge in [-0.3, -0.25) is 4.79 Å². The van der Waals surface area contributed by atoms with Crippen molar-refractivity contribution in [1.29, 1.82) is 0 Å². The molecule has 17 heavy (non-hydrogen) atoms. The van der Waals surface area contributed by atoms with Gasteiger partial charge < -0.3 is 5.32 Å². The summed E-state index contributed by atoms with van der Waals surface area (Å²) in [6.07, 6.45) is 3.89. The van der Waals surface area contributed by atoms with Crippen molar-refractivity contribution >= 4 is 19.2 Å². The molecule has 1 fully saturated rings. The lowest BCUT2D eigenvalue weighted by Crippen LogP contribution is -2.41. The number of rotatable bonds is 0. The highest BCUT2D eigenvalue weighted by Crippen LogP contribution is 2.43. The molecule has 0 saturated heterocycles. The van der Waals surface area contributed by atoms with Crippen LogP contribution in [0.25, 0.3) is 0 Å². The predicted octanol–water partition coefficient (Wildman–Crippen LogP) is 1.55. The minimum atomic E-state index is -0.165. The van der Waals surface area contributed by atoms with Crippen molar-refractivity contribution < 1.29 is 4.79 Å². The first kappa shape index (κ1) is 10.6. The Morgan fingerprint density at radius 2 is 2.00 bits per heavy atom. The second-order valence-electron chi connectivity index (χ2n) is 5.09. The van der Waals surface area contributed by atoms with Gasteiger partial charge in [0.05, 0.1) is 5.54 Å². The first-order valence-corrected chi connectivity index (χ1v) is 6.00. The highest BCUT2D eigenvalue weighted by atomic mass is 16.2. The van der Waals surface area contributed by atoms with Crippen LogP contribution < -0.4 is 10.8 Å². The van der Waals surface area contributed by atoms with Gasteiger partial charge in [-0.05, 0) is 31.2 Å². The number of carbonyl (C=O) groups excluding carboxylic acids is 1. The molecule has 1 aliphatic carbocycles. The monoisotopic (exact) mass is 223 g/mol. The molecule has 2 radical (unpaired) electrons. The molecule has 0 atom stereocenters. The number of hydrogen-bond donors (Lipinski definition) is 1. The molecule has 0 unspecified atom stereocenters. The number of hydrogen-bond acceptors (Lipinski definition) is 1. The molecule has 1 spiro atoms. The van der Waals surface area contributed by atoms with Gasteiger partial charge in [0.25, 0.3) is 5.91 Å². The lowest BCUT2D eigenvalue weighted by molar-refractivity contribution is 0.0916. The van der Waals surface area contributed by atoms with E-state index in [4.69, 9.17) is 7.85 Å². The van der Waals surface area contributed by atoms with Crippen molar-refractivity contribution in [3.8, 4) is 0 Å². The van der Waals surface area contributed by atoms with Gasteiger partial charge in [-0.15, -0.1) is 0 Å². The molecule has 1 aromatic carbocycles. The van der Waals surface area contributed by atoms with E-state index in [1.807, 2.05) is 12.1 Å². The Hall–Kier alpha value is -1.51. The number of allylic oxidation sites excluding steroid dienone is 1. The van der Waals surface area contributed by atoms with Gasteiger partial charge in [0.15, 0.2) is 0 Å². The summed E-state index contributed by atoms with van der Waals surface area (Å²) < 4.78 is 0. The minimum absolute atomic E-state index is 0.0137. The molecule has 1 N–H and O–H groups in total. The Bertz CT molecular complexity index is 511. The van der Waals surface area contributed by atoms with Crippen LogP contribution in [0.3, 0.4) is 0 Å². The molecule has 3 rings (SSSR count). The van der Waals surface area contributed by atoms with E-state index in [9.17, 15) is 4.79 Å². The van der Waals surface area contributed by atoms with E-state index in [0.29, 0.717) is 5.46 Å². The van der Waals surface area contributed by atoms with E-state index in [1.54, 1.807) is 6.07 Å². The van der Waals surface area contributed by atoms with Crippen LogP contribution in [0.5, 0.6) is 0 Å². The van der Waals surface area contributed by atoms with Crippen molar-refractivity contribution in [2.24, 2.45) is 0 Å². The van der Waals surface area contributed by atoms with Crippen LogP contribution in [0.1, 0.15) is 41.6 Å². The number of benzene rings is 1. The maximum absolute atomic E-state index is 12.0. The summed E-state index contributed by atoms with van der Waals surface area (Å²) in [5.41, 5.74) is 3.63. The molecule has 1 amide bonds. The lowest BCUT2D eigenvalue weighted by atomic mass is 9.75. The Balaban J connectivity index is 2.06. The van der Waals surface area contributed by atoms with Gasteiger partial charge in [-0.2, -0.15) is 0 Å². The smallest absolute Gasteiger partial charge is 0.252 e. The van der Waals surface area contributed by atoms with Crippen LogP contribution in [0.4, 0.5) is 0 Å². The number of carbonyl (C=O) groups is 1. The average Bonchev–Trinajstić information content (AvgIpc) is 2.57. The van der Waals surface area contributed by atoms with Crippen molar-refractivity contribution in [2.45, 2.75) is 31.2 Å². The molecule has 1 heterocycles. The summed E-state index contributed by atoms with van der Waals surface area (Å²) in [4.78, 5) is 12.0. The zero-order valence-electron chi connectivity index (χ0n) is 9.75. The molecular formula is C14H14BNO. The van der Waals surface area contributed by atoms with Crippen LogP contribution in [0, 0.1) is 0 Å². The second-order valence-corrected chi connectivity index (χ2v) is 5.09. The van der Waals surface area contributed by atoms with Gasteiger partial charge in [0, 0.05) is 5.56 Å². The standard InChI is InChI=1S/C14H14BNO/c1-9-4-6-14(7-5-9)12-3-2-10(15)8-11(12)13(17)16-14/h2-3,8H,1,4-7H2,(H,16,17). The first-order valence-electron chi connectivity index (χ1n) is 6.00. The van der Waals surface area contributed by atoms with Gasteiger partial charge in [0.2, 0.25) is 0 Å². The summed E-state index contributed by atoms with van der Waals surface area (Å²) in [6.45, 7) is 4.03. The van der Waals surface area contributed by atoms with Crippen LogP contribution in [-0.2, 0) is 5.54 Å². The predicted molar refractivity (Wildman–Crippen MR) is 68.6 cm³/mol. The fourth-order valence-electron chi connectivity index (χ4n) is 2.94. The number of nitrogens with one attached hydrogen (secondary N) is 1. The average molecular weight is 223 g/mol. The van der Waals surface area contributed by atoms with Crippen molar-refractivity contribution in [3.05, 3.63) is 41.5 Å². The molecule has 1 aromatic rings. The maximum atomic E-state index is 12.0. The highest BCUT2D eigenvalue weighted by molar-refractivity contribution is 6.32. The lowest BCUT2D eigenvalue weighted by Gasteiger charge is -2.35. The summed E-state index contributed by atoms with van der Waals surface area (Å²) in [6, 6.07) is 5.66. The van der Waals surface area contributed by atoms with E-state index < -0.39 is 0 Å². The van der Waals surface area contributed by atoms with Crippen LogP contribution in [-0.4, -0.2) is 13.8 Å². The SMILES string of the molecule is [B]c1ccc2c(c1)C(=O)NC21CCC(=C)CC1. The fourth-order valence-corrected chi connectivity index (χ4v) is 2.94. The summed E-state index contributed by atoms with van der Waals surface area (Å²) in [5.74, 6) is 0.0137. The normalized spacial score (nSPS) is 21.4. The Kier molecular flexibility index (Phi) is 2.18. The third kappa shape index (κ3) is 1.53. The van der Waals surface area contributed by atoms with E-state index in [2.05, 4.69) is 11.9 Å². The molecule has 1 saturated carbocycles. The van der Waals surface area contributed by atoms with E-state index >= 15 is 0 Å². The van der Waals surface area contributed by atoms with Gasteiger partial charge in [-0.1, -0.05) is 35.8 Å². The van der Waals surface area contributed by atoms with Crippen molar-refractivity contribution in [1.82, 2.24) is 5.32 Å². The molecule has 2 nitrogen and oxygen atoms in total. The molecular weight excluding hydrogens is 209 g/mol. The van der Waals surface area contributed by atoms with Crippen molar-refractivity contribution in [3.63, 3.8) is 0 Å². The Morgan fingerprint density at radius 3 is 2.71 bits per heavy atom. The molecule has 0 bridgehead atoms. The molecule has 3 heteroatoms. The summed E-state index contributed by atoms with van der Waals surface area (Å²) in [7, 11) is 5.74. The molecule has 2 aliphatic rings. The first-order chi connectivity index (χ1) is 8.11. The van der Waals surface area contributed by atoms with E-state index in [-0.39, 0.29) is 11.4 Å². The molecule has 0 aromatic heterocycles. The van der Waals surface area contributed by atoms with Gasteiger partial charge >= 0.3 is 0 Å². The minimum Gasteiger partial charge on any atom is -0.342 e. The zero-order valence-corrected chi connectivity index (χ0v) is 9.75. The molecule has 84 valence electrons. The second kappa shape index (κ2) is 3.49. The summed E-state index contributed by atoms with van der Waals surface area (Å²) >= 11 is 0. The van der Waals surface area contributed by atoms with Crippen molar-refractivity contribution in [2.75, 3.05) is 0 Å². The fraction of sp³-hybridized carbons (Fsp3) is 0.357. The molecule has 1 aliphatic heterocycles. The third-order valence-electron chi connectivity index (χ3n) is 3.97. The summed E-state index contributed by atoms with van der Waals surface area (Å²) in [5, 5.41) is 3.15. The zero-order chi connectivity index (χ0) is 12.0. The van der Waals surface area contributed by atoms with Gasteiger partial charge in [-0.25, -0.2) is 0 Å². The topological polar surface area (TPSA) is 29.1 Å². The van der Waals surface area contributed by atoms with E-state index in [0.717, 1.165) is 36.8 Å². The third-order valence-corrected chi connectivity index (χ3v) is 3.97. The van der Waals surface area contributed by atoms with E-state index in [1.165, 1.54) is 5.57 Å². The Morgan fingerprint density at radius 1 is 1.29 bits per heavy atom.